The molecule has 1 saturated heterocycles. The lowest BCUT2D eigenvalue weighted by Crippen LogP contribution is -2.42. The third-order valence-electron chi connectivity index (χ3n) is 6.75. The lowest BCUT2D eigenvalue weighted by molar-refractivity contribution is 0.132. The summed E-state index contributed by atoms with van der Waals surface area (Å²) in [5.41, 5.74) is 1.98. The molecule has 0 spiro atoms. The summed E-state index contributed by atoms with van der Waals surface area (Å²) in [7, 11) is 1.79. The van der Waals surface area contributed by atoms with Crippen LogP contribution in [0.25, 0.3) is 0 Å². The largest absolute Gasteiger partial charge is 0.508 e. The summed E-state index contributed by atoms with van der Waals surface area (Å²) in [6.45, 7) is 4.19. The summed E-state index contributed by atoms with van der Waals surface area (Å²) < 4.78 is 20.0. The van der Waals surface area contributed by atoms with Crippen molar-refractivity contribution >= 4 is 11.7 Å². The Labute approximate surface area is 193 Å². The summed E-state index contributed by atoms with van der Waals surface area (Å²) in [4.78, 5) is 17.6. The van der Waals surface area contributed by atoms with E-state index in [-0.39, 0.29) is 23.5 Å². The molecule has 2 aromatic carbocycles. The number of urea groups is 1. The summed E-state index contributed by atoms with van der Waals surface area (Å²) in [5.74, 6) is 0.0475. The van der Waals surface area contributed by atoms with Gasteiger partial charge in [0.05, 0.1) is 24.3 Å². The van der Waals surface area contributed by atoms with Gasteiger partial charge in [0.25, 0.3) is 0 Å². The summed E-state index contributed by atoms with van der Waals surface area (Å²) in [6.07, 6.45) is 3.39. The first kappa shape index (κ1) is 21.7. The zero-order valence-corrected chi connectivity index (χ0v) is 18.8. The number of aromatic hydroxyl groups is 1. The fourth-order valence-corrected chi connectivity index (χ4v) is 5.06. The number of hydrazone groups is 1. The predicted octanol–water partition coefficient (Wildman–Crippen LogP) is 3.84. The van der Waals surface area contributed by atoms with Crippen LogP contribution in [0.1, 0.15) is 36.4 Å². The van der Waals surface area contributed by atoms with Crippen molar-refractivity contribution in [2.24, 2.45) is 11.0 Å². The Bertz CT molecular complexity index is 1070. The first-order chi connectivity index (χ1) is 16.0. The maximum absolute atomic E-state index is 14.0. The lowest BCUT2D eigenvalue weighted by Gasteiger charge is -2.31. The number of hydrogen-bond donors (Lipinski definition) is 1. The van der Waals surface area contributed by atoms with Gasteiger partial charge < -0.3 is 19.6 Å². The van der Waals surface area contributed by atoms with Gasteiger partial charge in [0.2, 0.25) is 0 Å². The molecule has 0 aromatic heterocycles. The van der Waals surface area contributed by atoms with E-state index in [0.29, 0.717) is 30.2 Å². The quantitative estimate of drug-likeness (QED) is 0.749. The van der Waals surface area contributed by atoms with Gasteiger partial charge >= 0.3 is 6.03 Å². The molecule has 2 aromatic rings. The number of amides is 2. The minimum Gasteiger partial charge on any atom is -0.508 e. The Hall–Kier alpha value is -3.13. The minimum atomic E-state index is -0.447. The highest BCUT2D eigenvalue weighted by Gasteiger charge is 2.46. The number of benzene rings is 2. The van der Waals surface area contributed by atoms with Crippen molar-refractivity contribution in [3.8, 4) is 11.5 Å². The summed E-state index contributed by atoms with van der Waals surface area (Å²) in [6, 6.07) is 10.6. The van der Waals surface area contributed by atoms with Gasteiger partial charge in [-0.05, 0) is 74.8 Å². The molecule has 3 heterocycles. The zero-order valence-electron chi connectivity index (χ0n) is 18.8. The van der Waals surface area contributed by atoms with Gasteiger partial charge in [-0.15, -0.1) is 0 Å². The van der Waals surface area contributed by atoms with Crippen LogP contribution in [0.4, 0.5) is 9.18 Å². The van der Waals surface area contributed by atoms with Crippen molar-refractivity contribution in [2.45, 2.75) is 25.3 Å². The first-order valence-corrected chi connectivity index (χ1v) is 11.6. The van der Waals surface area contributed by atoms with Crippen LogP contribution in [-0.2, 0) is 0 Å². The monoisotopic (exact) mass is 452 g/mol. The fourth-order valence-electron chi connectivity index (χ4n) is 5.06. The molecule has 2 amide bonds. The average molecular weight is 453 g/mol. The van der Waals surface area contributed by atoms with E-state index in [1.54, 1.807) is 36.2 Å². The minimum absolute atomic E-state index is 0.121. The SMILES string of the molecule is CN(CCCN1CCCC1)C(=O)N1N=C2c3cc(F)ccc3OC[C@@H]2[C@H]1c1cccc(O)c1. The highest BCUT2D eigenvalue weighted by molar-refractivity contribution is 6.07. The number of phenols is 1. The lowest BCUT2D eigenvalue weighted by atomic mass is 9.86. The number of carbonyl (C=O) groups excluding carboxylic acids is 1. The number of ether oxygens (including phenoxy) is 1. The third kappa shape index (κ3) is 4.27. The molecule has 1 N–H and O–H groups in total. The molecule has 7 nitrogen and oxygen atoms in total. The number of likely N-dealkylation sites (tertiary alicyclic amines) is 1. The molecule has 0 saturated carbocycles. The molecule has 2 atom stereocenters. The molecule has 0 bridgehead atoms. The standard InChI is InChI=1S/C25H29FN4O3/c1-28(10-5-13-29-11-2-3-12-29)25(32)30-24(17-6-4-7-19(31)14-17)21-16-33-22-9-8-18(26)15-20(22)23(21)27-30/h4,6-9,14-15,21,24,31H,2-3,5,10-13,16H2,1H3/t21-,24+/m0/s1. The van der Waals surface area contributed by atoms with Crippen molar-refractivity contribution < 1.29 is 19.0 Å². The van der Waals surface area contributed by atoms with Gasteiger partial charge in [0.15, 0.2) is 0 Å². The number of carbonyl (C=O) groups is 1. The van der Waals surface area contributed by atoms with Crippen LogP contribution in [-0.4, -0.2) is 71.5 Å². The number of nitrogens with zero attached hydrogens (tertiary/aromatic N) is 4. The molecule has 5 rings (SSSR count). The Balaban J connectivity index is 1.41. The van der Waals surface area contributed by atoms with E-state index in [1.165, 1.54) is 30.0 Å². The van der Waals surface area contributed by atoms with E-state index in [0.717, 1.165) is 31.6 Å². The Kier molecular flexibility index (Phi) is 5.93. The molecule has 3 aliphatic rings. The van der Waals surface area contributed by atoms with Crippen LogP contribution in [0, 0.1) is 11.7 Å². The zero-order chi connectivity index (χ0) is 22.9. The molecule has 8 heteroatoms. The maximum Gasteiger partial charge on any atom is 0.340 e. The van der Waals surface area contributed by atoms with Gasteiger partial charge in [-0.2, -0.15) is 5.10 Å². The van der Waals surface area contributed by atoms with Crippen LogP contribution in [0.15, 0.2) is 47.6 Å². The van der Waals surface area contributed by atoms with Gasteiger partial charge in [-0.1, -0.05) is 12.1 Å². The van der Waals surface area contributed by atoms with Crippen LogP contribution in [0.5, 0.6) is 11.5 Å². The van der Waals surface area contributed by atoms with Crippen LogP contribution in [0.3, 0.4) is 0 Å². The van der Waals surface area contributed by atoms with Crippen LogP contribution < -0.4 is 4.74 Å². The van der Waals surface area contributed by atoms with E-state index in [9.17, 15) is 14.3 Å². The van der Waals surface area contributed by atoms with Crippen molar-refractivity contribution in [1.29, 1.82) is 0 Å². The molecule has 3 aliphatic heterocycles. The van der Waals surface area contributed by atoms with E-state index < -0.39 is 6.04 Å². The second kappa shape index (κ2) is 9.02. The normalized spacial score (nSPS) is 21.9. The topological polar surface area (TPSA) is 68.6 Å². The number of fused-ring (bicyclic) bond motifs is 3. The van der Waals surface area contributed by atoms with Gasteiger partial charge in [-0.25, -0.2) is 14.2 Å². The van der Waals surface area contributed by atoms with E-state index in [1.807, 2.05) is 6.07 Å². The van der Waals surface area contributed by atoms with Gasteiger partial charge in [0.1, 0.15) is 17.3 Å². The molecule has 0 unspecified atom stereocenters. The van der Waals surface area contributed by atoms with Crippen molar-refractivity contribution in [1.82, 2.24) is 14.8 Å². The maximum atomic E-state index is 14.0. The Morgan fingerprint density at radius 2 is 2.06 bits per heavy atom. The van der Waals surface area contributed by atoms with Gasteiger partial charge in [-0.3, -0.25) is 0 Å². The molecule has 1 fully saturated rings. The highest BCUT2D eigenvalue weighted by Crippen LogP contribution is 2.43. The molecule has 0 radical (unpaired) electrons. The van der Waals surface area contributed by atoms with E-state index in [2.05, 4.69) is 4.90 Å². The number of rotatable bonds is 5. The van der Waals surface area contributed by atoms with Crippen LogP contribution in [0.2, 0.25) is 0 Å². The first-order valence-electron chi connectivity index (χ1n) is 11.6. The smallest absolute Gasteiger partial charge is 0.340 e. The Morgan fingerprint density at radius 3 is 2.85 bits per heavy atom. The molecular formula is C25H29FN4O3. The predicted molar refractivity (Wildman–Crippen MR) is 123 cm³/mol. The van der Waals surface area contributed by atoms with Gasteiger partial charge in [0, 0.05) is 19.2 Å². The second-order valence-corrected chi connectivity index (χ2v) is 9.03. The number of hydrogen-bond acceptors (Lipinski definition) is 5. The Morgan fingerprint density at radius 1 is 1.24 bits per heavy atom. The average Bonchev–Trinajstić information content (AvgIpc) is 3.46. The van der Waals surface area contributed by atoms with Crippen LogP contribution >= 0.6 is 0 Å². The van der Waals surface area contributed by atoms with E-state index in [4.69, 9.17) is 9.84 Å². The molecule has 33 heavy (non-hydrogen) atoms. The van der Waals surface area contributed by atoms with Crippen molar-refractivity contribution in [2.75, 3.05) is 39.8 Å². The van der Waals surface area contributed by atoms with Crippen molar-refractivity contribution in [3.05, 3.63) is 59.4 Å². The molecular weight excluding hydrogens is 423 g/mol. The third-order valence-corrected chi connectivity index (χ3v) is 6.75. The second-order valence-electron chi connectivity index (χ2n) is 9.03. The number of phenolic OH excluding ortho intramolecular Hbond substituents is 1. The van der Waals surface area contributed by atoms with E-state index >= 15 is 0 Å². The highest BCUT2D eigenvalue weighted by atomic mass is 19.1. The fraction of sp³-hybridized carbons (Fsp3) is 0.440. The number of halogens is 1. The summed E-state index contributed by atoms with van der Waals surface area (Å²) >= 11 is 0. The van der Waals surface area contributed by atoms with Crippen molar-refractivity contribution in [3.63, 3.8) is 0 Å². The molecule has 0 aliphatic carbocycles. The molecule has 174 valence electrons. The summed E-state index contributed by atoms with van der Waals surface area (Å²) in [5, 5.41) is 16.3.